The molecule has 1 atom stereocenters. The van der Waals surface area contributed by atoms with E-state index in [1.807, 2.05) is 24.3 Å². The van der Waals surface area contributed by atoms with E-state index in [1.54, 1.807) is 46.2 Å². The van der Waals surface area contributed by atoms with Crippen molar-refractivity contribution in [3.8, 4) is 0 Å². The highest BCUT2D eigenvalue weighted by Crippen LogP contribution is 2.54. The van der Waals surface area contributed by atoms with Crippen LogP contribution in [-0.4, -0.2) is 29.0 Å². The number of para-hydroxylation sites is 1. The van der Waals surface area contributed by atoms with E-state index in [2.05, 4.69) is 0 Å². The van der Waals surface area contributed by atoms with Crippen molar-refractivity contribution >= 4 is 40.9 Å². The fourth-order valence-electron chi connectivity index (χ4n) is 4.27. The number of halogens is 2. The Kier molecular flexibility index (Phi) is 4.99. The number of amides is 2. The Balaban J connectivity index is 1.57. The predicted molar refractivity (Wildman–Crippen MR) is 121 cm³/mol. The Morgan fingerprint density at radius 3 is 2.61 bits per heavy atom. The summed E-state index contributed by atoms with van der Waals surface area (Å²) in [7, 11) is 0. The first kappa shape index (κ1) is 20.1. The third kappa shape index (κ3) is 3.22. The fraction of sp³-hybridized carbons (Fsp3) is 0.167. The summed E-state index contributed by atoms with van der Waals surface area (Å²) in [4.78, 5) is 29.6. The molecule has 0 N–H and O–H groups in total. The number of hydrogen-bond acceptors (Lipinski definition) is 3. The molecule has 1 spiro atoms. The molecule has 5 rings (SSSR count). The molecule has 156 valence electrons. The summed E-state index contributed by atoms with van der Waals surface area (Å²) < 4.78 is 13.3. The Morgan fingerprint density at radius 2 is 1.84 bits per heavy atom. The summed E-state index contributed by atoms with van der Waals surface area (Å²) in [6.45, 7) is 0.762. The van der Waals surface area contributed by atoms with E-state index >= 15 is 0 Å². The molecule has 0 bridgehead atoms. The third-order valence-corrected chi connectivity index (χ3v) is 7.33. The summed E-state index contributed by atoms with van der Waals surface area (Å²) >= 11 is 7.58. The number of fused-ring (bicyclic) bond motifs is 2. The topological polar surface area (TPSA) is 40.6 Å². The maximum atomic E-state index is 13.9. The van der Waals surface area contributed by atoms with Gasteiger partial charge in [-0.2, -0.15) is 0 Å². The van der Waals surface area contributed by atoms with Crippen LogP contribution in [0.15, 0.2) is 72.8 Å². The van der Waals surface area contributed by atoms with Gasteiger partial charge in [-0.25, -0.2) is 4.39 Å². The number of rotatable bonds is 3. The SMILES string of the molecule is O=C(c1cccc(Cl)c1)N1CCSC12C(=O)N(Cc1ccc(F)cc1)c1ccccc12. The molecular weight excluding hydrogens is 435 g/mol. The van der Waals surface area contributed by atoms with Gasteiger partial charge in [0.25, 0.3) is 11.8 Å². The zero-order valence-corrected chi connectivity index (χ0v) is 18.0. The van der Waals surface area contributed by atoms with Gasteiger partial charge in [0.1, 0.15) is 5.82 Å². The second-order valence-electron chi connectivity index (χ2n) is 7.49. The lowest BCUT2D eigenvalue weighted by Crippen LogP contribution is -2.50. The quantitative estimate of drug-likeness (QED) is 0.557. The monoisotopic (exact) mass is 452 g/mol. The zero-order chi connectivity index (χ0) is 21.6. The smallest absolute Gasteiger partial charge is 0.268 e. The van der Waals surface area contributed by atoms with Crippen LogP contribution in [0.2, 0.25) is 5.02 Å². The van der Waals surface area contributed by atoms with Crippen LogP contribution in [0.4, 0.5) is 10.1 Å². The summed E-state index contributed by atoms with van der Waals surface area (Å²) in [5.74, 6) is -0.0512. The van der Waals surface area contributed by atoms with Gasteiger partial charge in [0, 0.05) is 28.4 Å². The van der Waals surface area contributed by atoms with E-state index in [9.17, 15) is 14.0 Å². The molecule has 2 amide bonds. The van der Waals surface area contributed by atoms with Gasteiger partial charge in [-0.3, -0.25) is 9.59 Å². The number of carbonyl (C=O) groups excluding carboxylic acids is 2. The van der Waals surface area contributed by atoms with Crippen molar-refractivity contribution in [1.82, 2.24) is 4.90 Å². The van der Waals surface area contributed by atoms with Gasteiger partial charge in [-0.15, -0.1) is 11.8 Å². The van der Waals surface area contributed by atoms with Crippen LogP contribution in [-0.2, 0) is 16.2 Å². The highest BCUT2D eigenvalue weighted by Gasteiger charge is 2.59. The minimum atomic E-state index is -1.12. The number of hydrogen-bond donors (Lipinski definition) is 0. The molecule has 1 saturated heterocycles. The Labute approximate surface area is 188 Å². The highest BCUT2D eigenvalue weighted by molar-refractivity contribution is 8.01. The van der Waals surface area contributed by atoms with Gasteiger partial charge in [-0.1, -0.05) is 48.0 Å². The van der Waals surface area contributed by atoms with Gasteiger partial charge in [0.15, 0.2) is 4.87 Å². The van der Waals surface area contributed by atoms with Crippen molar-refractivity contribution in [2.75, 3.05) is 17.2 Å². The van der Waals surface area contributed by atoms with Gasteiger partial charge < -0.3 is 9.80 Å². The van der Waals surface area contributed by atoms with E-state index in [-0.39, 0.29) is 17.6 Å². The zero-order valence-electron chi connectivity index (χ0n) is 16.4. The number of benzene rings is 3. The molecular formula is C24H18ClFN2O2S. The van der Waals surface area contributed by atoms with Crippen LogP contribution in [0.25, 0.3) is 0 Å². The van der Waals surface area contributed by atoms with Gasteiger partial charge in [-0.05, 0) is 42.0 Å². The summed E-state index contributed by atoms with van der Waals surface area (Å²) in [5.41, 5.74) is 2.85. The normalized spacial score (nSPS) is 19.9. The van der Waals surface area contributed by atoms with Crippen molar-refractivity contribution < 1.29 is 14.0 Å². The second kappa shape index (κ2) is 7.70. The molecule has 1 unspecified atom stereocenters. The summed E-state index contributed by atoms with van der Waals surface area (Å²) in [6, 6.07) is 20.5. The van der Waals surface area contributed by atoms with Gasteiger partial charge in [0.2, 0.25) is 0 Å². The van der Waals surface area contributed by atoms with Crippen molar-refractivity contribution in [2.24, 2.45) is 0 Å². The van der Waals surface area contributed by atoms with E-state index in [0.717, 1.165) is 16.8 Å². The lowest BCUT2D eigenvalue weighted by atomic mass is 10.0. The average molecular weight is 453 g/mol. The van der Waals surface area contributed by atoms with Gasteiger partial charge >= 0.3 is 0 Å². The lowest BCUT2D eigenvalue weighted by molar-refractivity contribution is -0.123. The molecule has 7 heteroatoms. The Hall–Kier alpha value is -2.83. The van der Waals surface area contributed by atoms with E-state index < -0.39 is 4.87 Å². The van der Waals surface area contributed by atoms with Crippen LogP contribution >= 0.6 is 23.4 Å². The largest absolute Gasteiger partial charge is 0.311 e. The maximum Gasteiger partial charge on any atom is 0.268 e. The van der Waals surface area contributed by atoms with Crippen LogP contribution in [0.1, 0.15) is 21.5 Å². The number of anilines is 1. The van der Waals surface area contributed by atoms with Crippen LogP contribution in [0, 0.1) is 5.82 Å². The van der Waals surface area contributed by atoms with Crippen molar-refractivity contribution in [3.63, 3.8) is 0 Å². The van der Waals surface area contributed by atoms with Crippen LogP contribution < -0.4 is 4.90 Å². The second-order valence-corrected chi connectivity index (χ2v) is 9.22. The average Bonchev–Trinajstić information content (AvgIpc) is 3.32. The molecule has 1 fully saturated rings. The molecule has 3 aromatic rings. The van der Waals surface area contributed by atoms with Crippen molar-refractivity contribution in [1.29, 1.82) is 0 Å². The molecule has 4 nitrogen and oxygen atoms in total. The first-order valence-electron chi connectivity index (χ1n) is 9.88. The fourth-order valence-corrected chi connectivity index (χ4v) is 5.93. The molecule has 0 radical (unpaired) electrons. The van der Waals surface area contributed by atoms with Crippen molar-refractivity contribution in [2.45, 2.75) is 11.4 Å². The third-order valence-electron chi connectivity index (χ3n) is 5.67. The minimum absolute atomic E-state index is 0.157. The number of nitrogens with zero attached hydrogens (tertiary/aromatic N) is 2. The van der Waals surface area contributed by atoms with Crippen LogP contribution in [0.3, 0.4) is 0 Å². The van der Waals surface area contributed by atoms with E-state index in [1.165, 1.54) is 23.9 Å². The maximum absolute atomic E-state index is 13.9. The Bertz CT molecular complexity index is 1190. The standard InChI is InChI=1S/C24H18ClFN2O2S/c25-18-5-3-4-17(14-18)22(29)28-12-13-31-24(28)20-6-1-2-7-21(20)27(23(24)30)15-16-8-10-19(26)11-9-16/h1-11,14H,12-13,15H2. The van der Waals surface area contributed by atoms with E-state index in [0.29, 0.717) is 29.4 Å². The molecule has 0 saturated carbocycles. The molecule has 2 heterocycles. The molecule has 2 aliphatic rings. The lowest BCUT2D eigenvalue weighted by Gasteiger charge is -2.33. The predicted octanol–water partition coefficient (Wildman–Crippen LogP) is 5.07. The molecule has 0 aliphatic carbocycles. The molecule has 2 aliphatic heterocycles. The first-order valence-corrected chi connectivity index (χ1v) is 11.2. The Morgan fingerprint density at radius 1 is 1.06 bits per heavy atom. The summed E-state index contributed by atoms with van der Waals surface area (Å²) in [6.07, 6.45) is 0. The van der Waals surface area contributed by atoms with E-state index in [4.69, 9.17) is 11.6 Å². The summed E-state index contributed by atoms with van der Waals surface area (Å²) in [5, 5.41) is 0.475. The highest BCUT2D eigenvalue weighted by atomic mass is 35.5. The number of carbonyl (C=O) groups is 2. The minimum Gasteiger partial charge on any atom is -0.311 e. The van der Waals surface area contributed by atoms with Crippen LogP contribution in [0.5, 0.6) is 0 Å². The first-order chi connectivity index (χ1) is 15.0. The number of thioether (sulfide) groups is 1. The molecule has 3 aromatic carbocycles. The van der Waals surface area contributed by atoms with Gasteiger partial charge in [0.05, 0.1) is 12.2 Å². The van der Waals surface area contributed by atoms with Crippen molar-refractivity contribution in [3.05, 3.63) is 100 Å². The molecule has 0 aromatic heterocycles. The molecule has 31 heavy (non-hydrogen) atoms.